The standard InChI is InChI=1S/C17H17N5O4/c1-7-4-5-10(26-3)8(2)13(7)22-14(18)11(15(19)23)12-16(22)20-6-9(21-12)17(24)25/h4-6H,18H2,1-3H3,(H2,19,23)(H,24,25). The summed E-state index contributed by atoms with van der Waals surface area (Å²) in [5.41, 5.74) is 13.8. The smallest absolute Gasteiger partial charge is 0.356 e. The van der Waals surface area contributed by atoms with E-state index in [0.717, 1.165) is 17.3 Å². The summed E-state index contributed by atoms with van der Waals surface area (Å²) in [5.74, 6) is -1.42. The lowest BCUT2D eigenvalue weighted by atomic mass is 10.1. The summed E-state index contributed by atoms with van der Waals surface area (Å²) in [5, 5.41) is 9.15. The summed E-state index contributed by atoms with van der Waals surface area (Å²) >= 11 is 0. The second kappa shape index (κ2) is 6.03. The fourth-order valence-electron chi connectivity index (χ4n) is 3.02. The molecule has 9 nitrogen and oxygen atoms in total. The number of aromatic carboxylic acids is 1. The van der Waals surface area contributed by atoms with E-state index < -0.39 is 11.9 Å². The third kappa shape index (κ3) is 2.41. The van der Waals surface area contributed by atoms with Crippen LogP contribution in [-0.2, 0) is 0 Å². The van der Waals surface area contributed by atoms with Gasteiger partial charge in [-0.1, -0.05) is 6.07 Å². The molecule has 0 spiro atoms. The van der Waals surface area contributed by atoms with E-state index >= 15 is 0 Å². The number of hydrogen-bond acceptors (Lipinski definition) is 6. The van der Waals surface area contributed by atoms with Crippen LogP contribution in [0.4, 0.5) is 5.82 Å². The molecule has 1 amide bonds. The van der Waals surface area contributed by atoms with Gasteiger partial charge in [0.15, 0.2) is 11.3 Å². The Labute approximate surface area is 148 Å². The van der Waals surface area contributed by atoms with Crippen molar-refractivity contribution in [2.75, 3.05) is 12.8 Å². The summed E-state index contributed by atoms with van der Waals surface area (Å²) in [6.45, 7) is 3.71. The van der Waals surface area contributed by atoms with Crippen molar-refractivity contribution in [1.29, 1.82) is 0 Å². The zero-order chi connectivity index (χ0) is 19.2. The van der Waals surface area contributed by atoms with Crippen LogP contribution in [0.2, 0.25) is 0 Å². The third-order valence-corrected chi connectivity index (χ3v) is 4.19. The number of carbonyl (C=O) groups excluding carboxylic acids is 1. The number of nitrogens with two attached hydrogens (primary N) is 2. The Morgan fingerprint density at radius 1 is 1.27 bits per heavy atom. The van der Waals surface area contributed by atoms with Crippen LogP contribution in [0.15, 0.2) is 18.3 Å². The van der Waals surface area contributed by atoms with Gasteiger partial charge >= 0.3 is 5.97 Å². The second-order valence-electron chi connectivity index (χ2n) is 5.75. The van der Waals surface area contributed by atoms with Gasteiger partial charge in [0.05, 0.1) is 19.0 Å². The van der Waals surface area contributed by atoms with Crippen molar-refractivity contribution in [3.8, 4) is 11.4 Å². The first-order valence-electron chi connectivity index (χ1n) is 7.62. The van der Waals surface area contributed by atoms with Crippen LogP contribution in [0.1, 0.15) is 32.0 Å². The highest BCUT2D eigenvalue weighted by atomic mass is 16.5. The Morgan fingerprint density at radius 3 is 2.54 bits per heavy atom. The molecule has 0 bridgehead atoms. The number of benzene rings is 1. The van der Waals surface area contributed by atoms with E-state index in [-0.39, 0.29) is 28.2 Å². The molecular weight excluding hydrogens is 338 g/mol. The lowest BCUT2D eigenvalue weighted by Gasteiger charge is -2.16. The number of carbonyl (C=O) groups is 2. The lowest BCUT2D eigenvalue weighted by molar-refractivity contribution is 0.0690. The topological polar surface area (TPSA) is 146 Å². The van der Waals surface area contributed by atoms with E-state index in [1.165, 1.54) is 0 Å². The fraction of sp³-hybridized carbons (Fsp3) is 0.176. The van der Waals surface area contributed by atoms with Crippen LogP contribution in [0.25, 0.3) is 16.9 Å². The van der Waals surface area contributed by atoms with E-state index in [1.807, 2.05) is 26.0 Å². The molecule has 1 aromatic carbocycles. The molecule has 0 aliphatic heterocycles. The minimum atomic E-state index is -1.27. The summed E-state index contributed by atoms with van der Waals surface area (Å²) in [4.78, 5) is 31.3. The number of aromatic nitrogens is 3. The van der Waals surface area contributed by atoms with Crippen molar-refractivity contribution in [3.63, 3.8) is 0 Å². The van der Waals surface area contributed by atoms with Gasteiger partial charge in [0.1, 0.15) is 22.6 Å². The summed E-state index contributed by atoms with van der Waals surface area (Å²) < 4.78 is 6.90. The number of hydrogen-bond donors (Lipinski definition) is 3. The number of aryl methyl sites for hydroxylation is 1. The van der Waals surface area contributed by atoms with Crippen molar-refractivity contribution in [2.24, 2.45) is 5.73 Å². The highest BCUT2D eigenvalue weighted by molar-refractivity contribution is 6.10. The molecule has 3 rings (SSSR count). The molecule has 0 saturated carbocycles. The summed E-state index contributed by atoms with van der Waals surface area (Å²) in [6, 6.07) is 3.66. The Kier molecular flexibility index (Phi) is 3.99. The predicted molar refractivity (Wildman–Crippen MR) is 94.8 cm³/mol. The minimum Gasteiger partial charge on any atom is -0.496 e. The molecule has 0 saturated heterocycles. The molecule has 3 aromatic rings. The number of carboxylic acids is 1. The maximum atomic E-state index is 11.9. The second-order valence-corrected chi connectivity index (χ2v) is 5.75. The van der Waals surface area contributed by atoms with Crippen molar-refractivity contribution in [2.45, 2.75) is 13.8 Å². The van der Waals surface area contributed by atoms with Gasteiger partial charge in [0, 0.05) is 5.56 Å². The van der Waals surface area contributed by atoms with Gasteiger partial charge in [-0.2, -0.15) is 0 Å². The quantitative estimate of drug-likeness (QED) is 0.641. The SMILES string of the molecule is COc1ccc(C)c(-n2c(N)c(C(N)=O)c3nc(C(=O)O)cnc32)c1C. The van der Waals surface area contributed by atoms with Gasteiger partial charge in [-0.25, -0.2) is 14.8 Å². The largest absolute Gasteiger partial charge is 0.496 e. The Hall–Kier alpha value is -3.62. The molecular formula is C17H17N5O4. The molecule has 134 valence electrons. The number of carboxylic acid groups (broad SMARTS) is 1. The molecule has 5 N–H and O–H groups in total. The fourth-order valence-corrected chi connectivity index (χ4v) is 3.02. The first kappa shape index (κ1) is 17.2. The molecule has 26 heavy (non-hydrogen) atoms. The van der Waals surface area contributed by atoms with Gasteiger partial charge in [-0.3, -0.25) is 9.36 Å². The average Bonchev–Trinajstić information content (AvgIpc) is 2.87. The minimum absolute atomic E-state index is 0.0366. The molecule has 0 fully saturated rings. The molecule has 0 unspecified atom stereocenters. The van der Waals surface area contributed by atoms with Crippen LogP contribution in [0.5, 0.6) is 5.75 Å². The molecule has 0 radical (unpaired) electrons. The summed E-state index contributed by atoms with van der Waals surface area (Å²) in [7, 11) is 1.55. The normalized spacial score (nSPS) is 10.9. The number of nitrogens with zero attached hydrogens (tertiary/aromatic N) is 3. The first-order chi connectivity index (χ1) is 12.3. The van der Waals surface area contributed by atoms with E-state index in [0.29, 0.717) is 11.4 Å². The number of rotatable bonds is 4. The number of fused-ring (bicyclic) bond motifs is 1. The van der Waals surface area contributed by atoms with Crippen molar-refractivity contribution in [3.05, 3.63) is 40.7 Å². The maximum Gasteiger partial charge on any atom is 0.356 e. The number of anilines is 1. The van der Waals surface area contributed by atoms with Crippen LogP contribution >= 0.6 is 0 Å². The van der Waals surface area contributed by atoms with Gasteiger partial charge in [0.2, 0.25) is 0 Å². The monoisotopic (exact) mass is 355 g/mol. The summed E-state index contributed by atoms with van der Waals surface area (Å²) in [6.07, 6.45) is 1.11. The van der Waals surface area contributed by atoms with Crippen LogP contribution in [0, 0.1) is 13.8 Å². The molecule has 2 aromatic heterocycles. The van der Waals surface area contributed by atoms with Gasteiger partial charge in [-0.15, -0.1) is 0 Å². The van der Waals surface area contributed by atoms with Crippen molar-refractivity contribution in [1.82, 2.24) is 14.5 Å². The van der Waals surface area contributed by atoms with E-state index in [1.54, 1.807) is 11.7 Å². The van der Waals surface area contributed by atoms with Gasteiger partial charge in [-0.05, 0) is 25.5 Å². The number of methoxy groups -OCH3 is 1. The van der Waals surface area contributed by atoms with E-state index in [4.69, 9.17) is 21.3 Å². The zero-order valence-corrected chi connectivity index (χ0v) is 14.4. The maximum absolute atomic E-state index is 11.9. The highest BCUT2D eigenvalue weighted by Crippen LogP contribution is 2.35. The van der Waals surface area contributed by atoms with Crippen LogP contribution < -0.4 is 16.2 Å². The number of ether oxygens (including phenoxy) is 1. The predicted octanol–water partition coefficient (Wildman–Crippen LogP) is 1.43. The first-order valence-corrected chi connectivity index (χ1v) is 7.62. The number of nitrogen functional groups attached to an aromatic ring is 1. The Balaban J connectivity index is 2.48. The van der Waals surface area contributed by atoms with E-state index in [9.17, 15) is 9.59 Å². The van der Waals surface area contributed by atoms with Crippen molar-refractivity contribution >= 4 is 28.9 Å². The van der Waals surface area contributed by atoms with Crippen LogP contribution in [-0.4, -0.2) is 38.6 Å². The Bertz CT molecular complexity index is 1070. The Morgan fingerprint density at radius 2 is 1.96 bits per heavy atom. The molecule has 9 heteroatoms. The van der Waals surface area contributed by atoms with Gasteiger partial charge < -0.3 is 21.3 Å². The lowest BCUT2D eigenvalue weighted by Crippen LogP contribution is -2.14. The number of amides is 1. The zero-order valence-electron chi connectivity index (χ0n) is 14.4. The average molecular weight is 355 g/mol. The number of primary amides is 1. The van der Waals surface area contributed by atoms with Crippen LogP contribution in [0.3, 0.4) is 0 Å². The highest BCUT2D eigenvalue weighted by Gasteiger charge is 2.25. The molecule has 0 atom stereocenters. The van der Waals surface area contributed by atoms with Gasteiger partial charge in [0.25, 0.3) is 5.91 Å². The molecule has 0 aliphatic carbocycles. The molecule has 2 heterocycles. The third-order valence-electron chi connectivity index (χ3n) is 4.19. The van der Waals surface area contributed by atoms with Crippen molar-refractivity contribution < 1.29 is 19.4 Å². The molecule has 0 aliphatic rings. The van der Waals surface area contributed by atoms with E-state index in [2.05, 4.69) is 9.97 Å².